The molecule has 1 unspecified atom stereocenters. The maximum absolute atomic E-state index is 13.2. The third-order valence-electron chi connectivity index (χ3n) is 5.81. The lowest BCUT2D eigenvalue weighted by Gasteiger charge is -2.41. The van der Waals surface area contributed by atoms with Crippen molar-refractivity contribution in [2.75, 3.05) is 18.6 Å². The van der Waals surface area contributed by atoms with Crippen LogP contribution >= 0.6 is 11.3 Å². The van der Waals surface area contributed by atoms with E-state index in [4.69, 9.17) is 4.74 Å². The number of fused-ring (bicyclic) bond motifs is 1. The van der Waals surface area contributed by atoms with Crippen molar-refractivity contribution in [2.24, 2.45) is 0 Å². The van der Waals surface area contributed by atoms with Crippen molar-refractivity contribution in [3.05, 3.63) is 40.8 Å². The van der Waals surface area contributed by atoms with Crippen molar-refractivity contribution >= 4 is 32.8 Å². The first-order valence-electron chi connectivity index (χ1n) is 9.62. The fourth-order valence-corrected chi connectivity index (χ4v) is 6.93. The van der Waals surface area contributed by atoms with Gasteiger partial charge in [0.05, 0.1) is 22.7 Å². The standard InChI is InChI=1S/C21H25NO5S2/c1-20(2)13-21(24,8-9-27-20)15-11-19(28-12-15)29(25,26)16-5-6-17-14(10-16)4-7-18(23)22(17)3/h5-6,10-12,24H,4,7-9,13H2,1-3H3. The normalized spacial score (nSPS) is 24.4. The summed E-state index contributed by atoms with van der Waals surface area (Å²) in [6.45, 7) is 4.28. The second-order valence-electron chi connectivity index (χ2n) is 8.47. The van der Waals surface area contributed by atoms with Crippen LogP contribution < -0.4 is 4.90 Å². The number of hydrogen-bond donors (Lipinski definition) is 1. The minimum atomic E-state index is -3.70. The number of nitrogens with zero attached hydrogens (tertiary/aromatic N) is 1. The fourth-order valence-electron chi connectivity index (χ4n) is 4.20. The van der Waals surface area contributed by atoms with Gasteiger partial charge in [0.2, 0.25) is 15.7 Å². The number of sulfone groups is 1. The van der Waals surface area contributed by atoms with Crippen molar-refractivity contribution in [2.45, 2.75) is 59.8 Å². The predicted molar refractivity (Wildman–Crippen MR) is 111 cm³/mol. The van der Waals surface area contributed by atoms with E-state index in [2.05, 4.69) is 0 Å². The molecular formula is C21H25NO5S2. The topological polar surface area (TPSA) is 83.9 Å². The molecule has 29 heavy (non-hydrogen) atoms. The highest BCUT2D eigenvalue weighted by Gasteiger charge is 2.41. The van der Waals surface area contributed by atoms with Crippen molar-refractivity contribution in [1.82, 2.24) is 0 Å². The number of carbonyl (C=O) groups is 1. The fraction of sp³-hybridized carbons (Fsp3) is 0.476. The predicted octanol–water partition coefficient (Wildman–Crippen LogP) is 3.27. The molecule has 0 radical (unpaired) electrons. The van der Waals surface area contributed by atoms with Crippen molar-refractivity contribution in [1.29, 1.82) is 0 Å². The molecular weight excluding hydrogens is 410 g/mol. The number of thiophene rings is 1. The second-order valence-corrected chi connectivity index (χ2v) is 11.6. The number of amides is 1. The van der Waals surface area contributed by atoms with Crippen LogP contribution in [-0.4, -0.2) is 38.7 Å². The van der Waals surface area contributed by atoms with Crippen LogP contribution in [0.1, 0.15) is 44.2 Å². The van der Waals surface area contributed by atoms with Gasteiger partial charge >= 0.3 is 0 Å². The van der Waals surface area contributed by atoms with Gasteiger partial charge in [-0.05, 0) is 61.0 Å². The third kappa shape index (κ3) is 3.63. The van der Waals surface area contributed by atoms with Crippen molar-refractivity contribution in [3.8, 4) is 0 Å². The maximum atomic E-state index is 13.2. The Morgan fingerprint density at radius 3 is 2.69 bits per heavy atom. The van der Waals surface area contributed by atoms with Gasteiger partial charge in [-0.3, -0.25) is 4.79 Å². The summed E-state index contributed by atoms with van der Waals surface area (Å²) in [6.07, 6.45) is 1.76. The molecule has 0 saturated carbocycles. The Morgan fingerprint density at radius 1 is 1.21 bits per heavy atom. The van der Waals surface area contributed by atoms with Crippen LogP contribution in [0.4, 0.5) is 5.69 Å². The molecule has 1 aromatic heterocycles. The molecule has 0 bridgehead atoms. The number of rotatable bonds is 3. The highest BCUT2D eigenvalue weighted by molar-refractivity contribution is 7.93. The summed E-state index contributed by atoms with van der Waals surface area (Å²) in [4.78, 5) is 13.7. The molecule has 0 aliphatic carbocycles. The lowest BCUT2D eigenvalue weighted by atomic mass is 9.80. The van der Waals surface area contributed by atoms with Gasteiger partial charge in [-0.15, -0.1) is 11.3 Å². The molecule has 2 aliphatic rings. The first-order valence-corrected chi connectivity index (χ1v) is 12.0. The molecule has 6 nitrogen and oxygen atoms in total. The van der Waals surface area contributed by atoms with Gasteiger partial charge in [-0.25, -0.2) is 8.42 Å². The van der Waals surface area contributed by atoms with Gasteiger partial charge in [-0.2, -0.15) is 0 Å². The Balaban J connectivity index is 1.67. The van der Waals surface area contributed by atoms with Crippen LogP contribution in [0.3, 0.4) is 0 Å². The summed E-state index contributed by atoms with van der Waals surface area (Å²) in [5, 5.41) is 12.9. The summed E-state index contributed by atoms with van der Waals surface area (Å²) in [6, 6.07) is 6.51. The molecule has 2 aromatic rings. The zero-order valence-electron chi connectivity index (χ0n) is 16.8. The Kier molecular flexibility index (Phi) is 4.89. The number of carbonyl (C=O) groups excluding carboxylic acids is 1. The van der Waals surface area contributed by atoms with Crippen LogP contribution in [0.25, 0.3) is 0 Å². The van der Waals surface area contributed by atoms with E-state index < -0.39 is 21.0 Å². The van der Waals surface area contributed by atoms with E-state index >= 15 is 0 Å². The van der Waals surface area contributed by atoms with Crippen molar-refractivity contribution < 1.29 is 23.1 Å². The van der Waals surface area contributed by atoms with Crippen LogP contribution in [-0.2, 0) is 31.4 Å². The van der Waals surface area contributed by atoms with E-state index in [0.717, 1.165) is 22.6 Å². The summed E-state index contributed by atoms with van der Waals surface area (Å²) >= 11 is 1.13. The highest BCUT2D eigenvalue weighted by Crippen LogP contribution is 2.42. The molecule has 1 fully saturated rings. The van der Waals surface area contributed by atoms with Crippen LogP contribution in [0, 0.1) is 0 Å². The summed E-state index contributed by atoms with van der Waals surface area (Å²) in [5.41, 5.74) is 0.683. The first-order chi connectivity index (χ1) is 13.5. The molecule has 8 heteroatoms. The number of benzene rings is 1. The minimum absolute atomic E-state index is 0.0311. The molecule has 3 heterocycles. The average Bonchev–Trinajstić information content (AvgIpc) is 3.15. The average molecular weight is 436 g/mol. The lowest BCUT2D eigenvalue weighted by Crippen LogP contribution is -2.43. The zero-order valence-corrected chi connectivity index (χ0v) is 18.4. The zero-order chi connectivity index (χ0) is 21.0. The molecule has 1 atom stereocenters. The number of anilines is 1. The number of ether oxygens (including phenoxy) is 1. The molecule has 1 saturated heterocycles. The minimum Gasteiger partial charge on any atom is -0.385 e. The molecule has 156 valence electrons. The van der Waals surface area contributed by atoms with Gasteiger partial charge in [0.25, 0.3) is 0 Å². The van der Waals surface area contributed by atoms with Crippen LogP contribution in [0.5, 0.6) is 0 Å². The molecule has 4 rings (SSSR count). The third-order valence-corrected chi connectivity index (χ3v) is 9.00. The Hall–Kier alpha value is -1.74. The lowest BCUT2D eigenvalue weighted by molar-refractivity contribution is -0.148. The molecule has 1 amide bonds. The van der Waals surface area contributed by atoms with E-state index in [0.29, 0.717) is 37.9 Å². The van der Waals surface area contributed by atoms with E-state index in [-0.39, 0.29) is 15.0 Å². The van der Waals surface area contributed by atoms with E-state index in [1.807, 2.05) is 13.8 Å². The summed E-state index contributed by atoms with van der Waals surface area (Å²) in [7, 11) is -2.00. The quantitative estimate of drug-likeness (QED) is 0.800. The summed E-state index contributed by atoms with van der Waals surface area (Å²) in [5.74, 6) is 0.0311. The van der Waals surface area contributed by atoms with Gasteiger partial charge < -0.3 is 14.7 Å². The van der Waals surface area contributed by atoms with Crippen molar-refractivity contribution in [3.63, 3.8) is 0 Å². The van der Waals surface area contributed by atoms with Gasteiger partial charge in [0.1, 0.15) is 4.21 Å². The van der Waals surface area contributed by atoms with Gasteiger partial charge in [-0.1, -0.05) is 0 Å². The number of hydrogen-bond acceptors (Lipinski definition) is 6. The van der Waals surface area contributed by atoms with E-state index in [1.165, 1.54) is 0 Å². The largest absolute Gasteiger partial charge is 0.385 e. The number of aliphatic hydroxyl groups is 1. The Bertz CT molecular complexity index is 1070. The van der Waals surface area contributed by atoms with Crippen LogP contribution in [0.2, 0.25) is 0 Å². The molecule has 2 aliphatic heterocycles. The smallest absolute Gasteiger partial charge is 0.227 e. The molecule has 1 aromatic carbocycles. The SMILES string of the molecule is CN1C(=O)CCc2cc(S(=O)(=O)c3cc(C4(O)CCOC(C)(C)C4)cs3)ccc21. The molecule has 1 N–H and O–H groups in total. The number of aryl methyl sites for hydroxylation is 1. The van der Waals surface area contributed by atoms with E-state index in [9.17, 15) is 18.3 Å². The Morgan fingerprint density at radius 2 is 1.97 bits per heavy atom. The van der Waals surface area contributed by atoms with Crippen LogP contribution in [0.15, 0.2) is 38.8 Å². The van der Waals surface area contributed by atoms with Gasteiger partial charge in [0.15, 0.2) is 0 Å². The molecule has 0 spiro atoms. The first kappa shape index (κ1) is 20.5. The second kappa shape index (κ2) is 6.91. The van der Waals surface area contributed by atoms with Gasteiger partial charge in [0, 0.05) is 32.0 Å². The maximum Gasteiger partial charge on any atom is 0.227 e. The highest BCUT2D eigenvalue weighted by atomic mass is 32.2. The monoisotopic (exact) mass is 435 g/mol. The summed E-state index contributed by atoms with van der Waals surface area (Å²) < 4.78 is 32.3. The Labute approximate surface area is 175 Å². The van der Waals surface area contributed by atoms with E-state index in [1.54, 1.807) is 41.6 Å².